The molecule has 2 nitrogen and oxygen atoms in total. The summed E-state index contributed by atoms with van der Waals surface area (Å²) in [5.74, 6) is 0.337. The Morgan fingerprint density at radius 1 is 1.54 bits per heavy atom. The highest BCUT2D eigenvalue weighted by Crippen LogP contribution is 2.18. The quantitative estimate of drug-likeness (QED) is 0.777. The number of ether oxygens (including phenoxy) is 1. The summed E-state index contributed by atoms with van der Waals surface area (Å²) in [7, 11) is 0. The number of rotatable bonds is 3. The van der Waals surface area contributed by atoms with Crippen molar-refractivity contribution in [1.82, 2.24) is 0 Å². The summed E-state index contributed by atoms with van der Waals surface area (Å²) in [6.45, 7) is 3.63. The predicted octanol–water partition coefficient (Wildman–Crippen LogP) is 1.89. The summed E-state index contributed by atoms with van der Waals surface area (Å²) in [5.41, 5.74) is 0.737. The van der Waals surface area contributed by atoms with Crippen molar-refractivity contribution in [2.24, 2.45) is 0 Å². The first kappa shape index (κ1) is 9.99. The Labute approximate surface area is 77.0 Å². The van der Waals surface area contributed by atoms with Gasteiger partial charge in [-0.3, -0.25) is 0 Å². The normalized spacial score (nSPS) is 12.6. The van der Waals surface area contributed by atoms with Crippen molar-refractivity contribution in [1.29, 1.82) is 0 Å². The topological polar surface area (TPSA) is 29.5 Å². The van der Waals surface area contributed by atoms with Crippen LogP contribution >= 0.6 is 0 Å². The molecule has 1 N–H and O–H groups in total. The maximum absolute atomic E-state index is 12.6. The lowest BCUT2D eigenvalue weighted by Crippen LogP contribution is -2.13. The van der Waals surface area contributed by atoms with Gasteiger partial charge in [0.05, 0.1) is 6.10 Å². The van der Waals surface area contributed by atoms with Crippen LogP contribution in [0, 0.1) is 12.7 Å². The van der Waals surface area contributed by atoms with Crippen LogP contribution in [-0.2, 0) is 0 Å². The average Bonchev–Trinajstić information content (AvgIpc) is 2.02. The molecular formula is C10H13FO2. The van der Waals surface area contributed by atoms with Crippen molar-refractivity contribution in [3.63, 3.8) is 0 Å². The highest BCUT2D eigenvalue weighted by atomic mass is 19.1. The molecule has 0 aliphatic heterocycles. The van der Waals surface area contributed by atoms with E-state index < -0.39 is 6.10 Å². The zero-order chi connectivity index (χ0) is 9.84. The number of hydrogen-bond acceptors (Lipinski definition) is 2. The molecule has 1 aromatic rings. The summed E-state index contributed by atoms with van der Waals surface area (Å²) >= 11 is 0. The van der Waals surface area contributed by atoms with Gasteiger partial charge in [0.25, 0.3) is 0 Å². The Kier molecular flexibility index (Phi) is 3.25. The molecule has 72 valence electrons. The molecule has 0 aliphatic carbocycles. The maximum Gasteiger partial charge on any atom is 0.123 e. The SMILES string of the molecule is Cc1cc(F)ccc1OC[C@H](C)O. The average molecular weight is 184 g/mol. The van der Waals surface area contributed by atoms with Crippen LogP contribution in [0.4, 0.5) is 4.39 Å². The van der Waals surface area contributed by atoms with E-state index in [1.54, 1.807) is 19.9 Å². The Morgan fingerprint density at radius 3 is 2.77 bits per heavy atom. The fourth-order valence-corrected chi connectivity index (χ4v) is 0.985. The zero-order valence-electron chi connectivity index (χ0n) is 7.75. The van der Waals surface area contributed by atoms with Crippen molar-refractivity contribution < 1.29 is 14.2 Å². The second-order valence-corrected chi connectivity index (χ2v) is 3.07. The summed E-state index contributed by atoms with van der Waals surface area (Å²) < 4.78 is 17.9. The van der Waals surface area contributed by atoms with Crippen LogP contribution < -0.4 is 4.74 Å². The molecule has 0 heterocycles. The third kappa shape index (κ3) is 3.03. The lowest BCUT2D eigenvalue weighted by molar-refractivity contribution is 0.122. The molecule has 3 heteroatoms. The Balaban J connectivity index is 2.67. The number of halogens is 1. The number of benzene rings is 1. The molecule has 0 aromatic heterocycles. The van der Waals surface area contributed by atoms with E-state index in [0.717, 1.165) is 5.56 Å². The lowest BCUT2D eigenvalue weighted by atomic mass is 10.2. The van der Waals surface area contributed by atoms with Gasteiger partial charge in [0, 0.05) is 0 Å². The fraction of sp³-hybridized carbons (Fsp3) is 0.400. The van der Waals surface area contributed by atoms with Crippen LogP contribution in [0.25, 0.3) is 0 Å². The molecule has 1 aromatic carbocycles. The van der Waals surface area contributed by atoms with Crippen LogP contribution in [0.1, 0.15) is 12.5 Å². The largest absolute Gasteiger partial charge is 0.491 e. The molecule has 0 saturated carbocycles. The molecule has 0 spiro atoms. The molecule has 13 heavy (non-hydrogen) atoms. The van der Waals surface area contributed by atoms with E-state index in [-0.39, 0.29) is 12.4 Å². The van der Waals surface area contributed by atoms with Gasteiger partial charge < -0.3 is 9.84 Å². The summed E-state index contributed by atoms with van der Waals surface area (Å²) in [5, 5.41) is 8.96. The van der Waals surface area contributed by atoms with Crippen LogP contribution in [0.5, 0.6) is 5.75 Å². The highest BCUT2D eigenvalue weighted by Gasteiger charge is 2.02. The molecule has 1 atom stereocenters. The van der Waals surface area contributed by atoms with E-state index in [0.29, 0.717) is 5.75 Å². The Bertz CT molecular complexity index is 284. The zero-order valence-corrected chi connectivity index (χ0v) is 7.75. The minimum absolute atomic E-state index is 0.229. The van der Waals surface area contributed by atoms with Gasteiger partial charge in [-0.05, 0) is 37.6 Å². The van der Waals surface area contributed by atoms with Crippen molar-refractivity contribution in [3.8, 4) is 5.75 Å². The van der Waals surface area contributed by atoms with Gasteiger partial charge in [-0.25, -0.2) is 4.39 Å². The van der Waals surface area contributed by atoms with E-state index in [1.807, 2.05) is 0 Å². The second kappa shape index (κ2) is 4.23. The van der Waals surface area contributed by atoms with Gasteiger partial charge in [0.1, 0.15) is 18.2 Å². The van der Waals surface area contributed by atoms with E-state index in [2.05, 4.69) is 0 Å². The molecule has 1 rings (SSSR count). The molecule has 0 aliphatic rings. The number of aliphatic hydroxyl groups is 1. The molecule has 0 radical (unpaired) electrons. The number of aliphatic hydroxyl groups excluding tert-OH is 1. The number of aryl methyl sites for hydroxylation is 1. The third-order valence-corrected chi connectivity index (χ3v) is 1.62. The van der Waals surface area contributed by atoms with E-state index >= 15 is 0 Å². The van der Waals surface area contributed by atoms with Gasteiger partial charge in [-0.1, -0.05) is 0 Å². The highest BCUT2D eigenvalue weighted by molar-refractivity contribution is 5.32. The van der Waals surface area contributed by atoms with E-state index in [9.17, 15) is 4.39 Å². The van der Waals surface area contributed by atoms with Crippen LogP contribution in [0.2, 0.25) is 0 Å². The molecule has 0 fully saturated rings. The standard InChI is InChI=1S/C10H13FO2/c1-7-5-9(11)3-4-10(7)13-6-8(2)12/h3-5,8,12H,6H2,1-2H3/t8-/m0/s1. The van der Waals surface area contributed by atoms with Crippen LogP contribution in [0.3, 0.4) is 0 Å². The Morgan fingerprint density at radius 2 is 2.23 bits per heavy atom. The first-order valence-electron chi connectivity index (χ1n) is 4.16. The smallest absolute Gasteiger partial charge is 0.123 e. The van der Waals surface area contributed by atoms with Gasteiger partial charge in [-0.2, -0.15) is 0 Å². The second-order valence-electron chi connectivity index (χ2n) is 3.07. The minimum Gasteiger partial charge on any atom is -0.491 e. The summed E-state index contributed by atoms with van der Waals surface area (Å²) in [4.78, 5) is 0. The van der Waals surface area contributed by atoms with Gasteiger partial charge in [0.2, 0.25) is 0 Å². The fourth-order valence-electron chi connectivity index (χ4n) is 0.985. The summed E-state index contributed by atoms with van der Waals surface area (Å²) in [6, 6.07) is 4.30. The van der Waals surface area contributed by atoms with Crippen molar-refractivity contribution >= 4 is 0 Å². The predicted molar refractivity (Wildman–Crippen MR) is 48.3 cm³/mol. The van der Waals surface area contributed by atoms with E-state index in [1.165, 1.54) is 12.1 Å². The van der Waals surface area contributed by atoms with Gasteiger partial charge in [0.15, 0.2) is 0 Å². The molecular weight excluding hydrogens is 171 g/mol. The van der Waals surface area contributed by atoms with Crippen LogP contribution in [0.15, 0.2) is 18.2 Å². The maximum atomic E-state index is 12.6. The van der Waals surface area contributed by atoms with Gasteiger partial charge >= 0.3 is 0 Å². The molecule has 0 amide bonds. The monoisotopic (exact) mass is 184 g/mol. The van der Waals surface area contributed by atoms with Crippen molar-refractivity contribution in [2.75, 3.05) is 6.61 Å². The Hall–Kier alpha value is -1.09. The molecule has 0 bridgehead atoms. The molecule has 0 unspecified atom stereocenters. The van der Waals surface area contributed by atoms with E-state index in [4.69, 9.17) is 9.84 Å². The van der Waals surface area contributed by atoms with Crippen molar-refractivity contribution in [2.45, 2.75) is 20.0 Å². The molecule has 0 saturated heterocycles. The lowest BCUT2D eigenvalue weighted by Gasteiger charge is -2.10. The third-order valence-electron chi connectivity index (χ3n) is 1.62. The summed E-state index contributed by atoms with van der Waals surface area (Å²) in [6.07, 6.45) is -0.510. The van der Waals surface area contributed by atoms with Crippen LogP contribution in [-0.4, -0.2) is 17.8 Å². The number of hydrogen-bond donors (Lipinski definition) is 1. The van der Waals surface area contributed by atoms with Crippen molar-refractivity contribution in [3.05, 3.63) is 29.6 Å². The minimum atomic E-state index is -0.510. The van der Waals surface area contributed by atoms with Gasteiger partial charge in [-0.15, -0.1) is 0 Å². The first-order valence-corrected chi connectivity index (χ1v) is 4.16. The first-order chi connectivity index (χ1) is 6.09.